The zero-order valence-electron chi connectivity index (χ0n) is 15.0. The molecular weight excluding hydrogens is 328 g/mol. The lowest BCUT2D eigenvalue weighted by Gasteiger charge is -2.09. The molecular formula is C20H22N4O2. The molecule has 3 aromatic rings. The number of rotatable bonds is 7. The predicted octanol–water partition coefficient (Wildman–Crippen LogP) is 2.53. The maximum absolute atomic E-state index is 11.9. The standard InChI is InChI=1S/C20H22N4O2/c1-15-5-3-4-6-16(15)11-12-21-19(25)13-26-18-9-7-17(8-10-18)20-22-14-24(2)23-20/h3-10,14H,11-13H2,1-2H3,(H,21,25). The number of amides is 1. The number of benzene rings is 2. The van der Waals surface area contributed by atoms with Crippen LogP contribution in [-0.2, 0) is 18.3 Å². The van der Waals surface area contributed by atoms with E-state index in [0.29, 0.717) is 18.1 Å². The van der Waals surface area contributed by atoms with Gasteiger partial charge in [-0.1, -0.05) is 24.3 Å². The summed E-state index contributed by atoms with van der Waals surface area (Å²) in [5.41, 5.74) is 3.38. The fraction of sp³-hybridized carbons (Fsp3) is 0.250. The summed E-state index contributed by atoms with van der Waals surface area (Å²) >= 11 is 0. The largest absolute Gasteiger partial charge is 0.484 e. The minimum atomic E-state index is -0.131. The van der Waals surface area contributed by atoms with Gasteiger partial charge in [-0.05, 0) is 48.7 Å². The molecule has 2 aromatic carbocycles. The number of nitrogens with zero attached hydrogens (tertiary/aromatic N) is 3. The average Bonchev–Trinajstić information content (AvgIpc) is 3.08. The number of hydrogen-bond acceptors (Lipinski definition) is 4. The molecule has 6 heteroatoms. The van der Waals surface area contributed by atoms with Gasteiger partial charge in [-0.3, -0.25) is 9.48 Å². The van der Waals surface area contributed by atoms with Gasteiger partial charge >= 0.3 is 0 Å². The van der Waals surface area contributed by atoms with E-state index in [1.807, 2.05) is 43.4 Å². The summed E-state index contributed by atoms with van der Waals surface area (Å²) in [6.45, 7) is 2.66. The monoisotopic (exact) mass is 350 g/mol. The van der Waals surface area contributed by atoms with Crippen LogP contribution in [0.25, 0.3) is 11.4 Å². The lowest BCUT2D eigenvalue weighted by atomic mass is 10.1. The predicted molar refractivity (Wildman–Crippen MR) is 99.8 cm³/mol. The molecule has 0 aliphatic rings. The van der Waals surface area contributed by atoms with Gasteiger partial charge in [0.25, 0.3) is 5.91 Å². The Kier molecular flexibility index (Phi) is 5.63. The minimum Gasteiger partial charge on any atom is -0.484 e. The highest BCUT2D eigenvalue weighted by molar-refractivity contribution is 5.77. The van der Waals surface area contributed by atoms with Crippen molar-refractivity contribution in [2.24, 2.45) is 7.05 Å². The van der Waals surface area contributed by atoms with E-state index in [-0.39, 0.29) is 12.5 Å². The van der Waals surface area contributed by atoms with Crippen LogP contribution in [0.2, 0.25) is 0 Å². The molecule has 0 bridgehead atoms. The van der Waals surface area contributed by atoms with Crippen LogP contribution >= 0.6 is 0 Å². The summed E-state index contributed by atoms with van der Waals surface area (Å²) in [6, 6.07) is 15.6. The normalized spacial score (nSPS) is 10.5. The molecule has 6 nitrogen and oxygen atoms in total. The Hall–Kier alpha value is -3.15. The van der Waals surface area contributed by atoms with Crippen LogP contribution < -0.4 is 10.1 Å². The van der Waals surface area contributed by atoms with E-state index in [0.717, 1.165) is 12.0 Å². The van der Waals surface area contributed by atoms with Crippen molar-refractivity contribution in [1.29, 1.82) is 0 Å². The molecule has 1 amide bonds. The van der Waals surface area contributed by atoms with E-state index in [1.54, 1.807) is 11.0 Å². The lowest BCUT2D eigenvalue weighted by molar-refractivity contribution is -0.123. The maximum Gasteiger partial charge on any atom is 0.257 e. The van der Waals surface area contributed by atoms with E-state index in [4.69, 9.17) is 4.74 Å². The van der Waals surface area contributed by atoms with E-state index in [1.165, 1.54) is 11.1 Å². The highest BCUT2D eigenvalue weighted by Crippen LogP contribution is 2.18. The molecule has 0 atom stereocenters. The SMILES string of the molecule is Cc1ccccc1CCNC(=O)COc1ccc(-c2ncn(C)n2)cc1. The van der Waals surface area contributed by atoms with Gasteiger partial charge in [-0.15, -0.1) is 0 Å². The molecule has 1 aromatic heterocycles. The van der Waals surface area contributed by atoms with Crippen molar-refractivity contribution < 1.29 is 9.53 Å². The van der Waals surface area contributed by atoms with E-state index in [2.05, 4.69) is 34.5 Å². The van der Waals surface area contributed by atoms with Crippen LogP contribution in [-0.4, -0.2) is 33.8 Å². The minimum absolute atomic E-state index is 0.00500. The second-order valence-corrected chi connectivity index (χ2v) is 6.08. The van der Waals surface area contributed by atoms with Crippen LogP contribution in [0.15, 0.2) is 54.9 Å². The van der Waals surface area contributed by atoms with Crippen LogP contribution in [0, 0.1) is 6.92 Å². The van der Waals surface area contributed by atoms with Crippen molar-refractivity contribution in [3.8, 4) is 17.1 Å². The van der Waals surface area contributed by atoms with Gasteiger partial charge in [0, 0.05) is 19.2 Å². The second-order valence-electron chi connectivity index (χ2n) is 6.08. The molecule has 3 rings (SSSR count). The van der Waals surface area contributed by atoms with Gasteiger partial charge in [0.15, 0.2) is 12.4 Å². The van der Waals surface area contributed by atoms with Gasteiger partial charge in [0.2, 0.25) is 0 Å². The first-order valence-corrected chi connectivity index (χ1v) is 8.52. The molecule has 0 saturated carbocycles. The van der Waals surface area contributed by atoms with Gasteiger partial charge in [0.05, 0.1) is 0 Å². The maximum atomic E-state index is 11.9. The van der Waals surface area contributed by atoms with E-state index < -0.39 is 0 Å². The topological polar surface area (TPSA) is 69.0 Å². The molecule has 1 N–H and O–H groups in total. The molecule has 1 heterocycles. The van der Waals surface area contributed by atoms with Crippen LogP contribution in [0.1, 0.15) is 11.1 Å². The number of hydrogen-bond donors (Lipinski definition) is 1. The summed E-state index contributed by atoms with van der Waals surface area (Å²) in [4.78, 5) is 16.1. The summed E-state index contributed by atoms with van der Waals surface area (Å²) in [6.07, 6.45) is 2.46. The molecule has 0 aliphatic heterocycles. The fourth-order valence-electron chi connectivity index (χ4n) is 2.60. The van der Waals surface area contributed by atoms with Crippen LogP contribution in [0.5, 0.6) is 5.75 Å². The summed E-state index contributed by atoms with van der Waals surface area (Å²) in [5, 5.41) is 7.13. The highest BCUT2D eigenvalue weighted by Gasteiger charge is 2.06. The molecule has 0 saturated heterocycles. The van der Waals surface area contributed by atoms with Crippen molar-refractivity contribution in [3.63, 3.8) is 0 Å². The fourth-order valence-corrected chi connectivity index (χ4v) is 2.60. The van der Waals surface area contributed by atoms with Crippen LogP contribution in [0.3, 0.4) is 0 Å². The second kappa shape index (κ2) is 8.29. The number of nitrogens with one attached hydrogen (secondary N) is 1. The Balaban J connectivity index is 1.43. The highest BCUT2D eigenvalue weighted by atomic mass is 16.5. The summed E-state index contributed by atoms with van der Waals surface area (Å²) in [7, 11) is 1.83. The van der Waals surface area contributed by atoms with Gasteiger partial charge in [-0.2, -0.15) is 5.10 Å². The molecule has 26 heavy (non-hydrogen) atoms. The van der Waals surface area contributed by atoms with Crippen molar-refractivity contribution >= 4 is 5.91 Å². The zero-order chi connectivity index (χ0) is 18.4. The van der Waals surface area contributed by atoms with Crippen molar-refractivity contribution in [3.05, 3.63) is 66.0 Å². The molecule has 134 valence electrons. The number of aryl methyl sites for hydroxylation is 2. The third-order valence-electron chi connectivity index (χ3n) is 4.06. The Morgan fingerprint density at radius 1 is 1.15 bits per heavy atom. The first kappa shape index (κ1) is 17.7. The van der Waals surface area contributed by atoms with Crippen LogP contribution in [0.4, 0.5) is 0 Å². The smallest absolute Gasteiger partial charge is 0.257 e. The number of carbonyl (C=O) groups is 1. The summed E-state index contributed by atoms with van der Waals surface area (Å²) in [5.74, 6) is 1.17. The van der Waals surface area contributed by atoms with Crippen molar-refractivity contribution in [2.75, 3.05) is 13.2 Å². The quantitative estimate of drug-likeness (QED) is 0.711. The third kappa shape index (κ3) is 4.69. The van der Waals surface area contributed by atoms with Crippen molar-refractivity contribution in [1.82, 2.24) is 20.1 Å². The van der Waals surface area contributed by atoms with Crippen molar-refractivity contribution in [2.45, 2.75) is 13.3 Å². The lowest BCUT2D eigenvalue weighted by Crippen LogP contribution is -2.30. The van der Waals surface area contributed by atoms with Gasteiger partial charge < -0.3 is 10.1 Å². The Morgan fingerprint density at radius 2 is 1.92 bits per heavy atom. The molecule has 0 spiro atoms. The molecule has 0 fully saturated rings. The Bertz CT molecular complexity index is 872. The third-order valence-corrected chi connectivity index (χ3v) is 4.06. The first-order valence-electron chi connectivity index (χ1n) is 8.52. The number of ether oxygens (including phenoxy) is 1. The molecule has 0 radical (unpaired) electrons. The average molecular weight is 350 g/mol. The summed E-state index contributed by atoms with van der Waals surface area (Å²) < 4.78 is 7.19. The van der Waals surface area contributed by atoms with Gasteiger partial charge in [-0.25, -0.2) is 4.98 Å². The Labute approximate surface area is 152 Å². The molecule has 0 unspecified atom stereocenters. The van der Waals surface area contributed by atoms with Gasteiger partial charge in [0.1, 0.15) is 12.1 Å². The number of aromatic nitrogens is 3. The number of carbonyl (C=O) groups excluding carboxylic acids is 1. The van der Waals surface area contributed by atoms with E-state index in [9.17, 15) is 4.79 Å². The Morgan fingerprint density at radius 3 is 2.62 bits per heavy atom. The molecule has 0 aliphatic carbocycles. The zero-order valence-corrected chi connectivity index (χ0v) is 15.0. The first-order chi connectivity index (χ1) is 12.6. The van der Waals surface area contributed by atoms with E-state index >= 15 is 0 Å².